The van der Waals surface area contributed by atoms with Gasteiger partial charge in [0.05, 0.1) is 33.4 Å². The fourth-order valence-electron chi connectivity index (χ4n) is 3.65. The van der Waals surface area contributed by atoms with Crippen molar-refractivity contribution in [2.24, 2.45) is 0 Å². The minimum Gasteiger partial charge on any atom is -0.497 e. The largest absolute Gasteiger partial charge is 0.497 e. The monoisotopic (exact) mass is 398 g/mol. The molecule has 2 aromatic rings. The Bertz CT molecular complexity index is 866. The Morgan fingerprint density at radius 2 is 1.83 bits per heavy atom. The van der Waals surface area contributed by atoms with Crippen LogP contribution in [0.4, 0.5) is 5.69 Å². The molecule has 1 aliphatic heterocycles. The zero-order valence-corrected chi connectivity index (χ0v) is 16.9. The molecule has 1 N–H and O–H groups in total. The maximum atomic E-state index is 12.6. The second-order valence-electron chi connectivity index (χ2n) is 6.85. The molecule has 0 spiro atoms. The van der Waals surface area contributed by atoms with Gasteiger partial charge >= 0.3 is 5.97 Å². The Morgan fingerprint density at radius 3 is 2.48 bits per heavy atom. The summed E-state index contributed by atoms with van der Waals surface area (Å²) in [5.41, 5.74) is 2.14. The van der Waals surface area contributed by atoms with E-state index in [-0.39, 0.29) is 18.5 Å². The maximum absolute atomic E-state index is 12.6. The lowest BCUT2D eigenvalue weighted by Gasteiger charge is -2.26. The van der Waals surface area contributed by atoms with Crippen LogP contribution in [0.5, 0.6) is 11.5 Å². The number of nitrogens with one attached hydrogen (secondary N) is 1. The molecule has 1 fully saturated rings. The van der Waals surface area contributed by atoms with Gasteiger partial charge in [-0.1, -0.05) is 6.07 Å². The van der Waals surface area contributed by atoms with Crippen molar-refractivity contribution in [1.29, 1.82) is 0 Å². The number of rotatable bonds is 7. The first-order valence-corrected chi connectivity index (χ1v) is 9.50. The van der Waals surface area contributed by atoms with Crippen LogP contribution in [0.1, 0.15) is 34.8 Å². The van der Waals surface area contributed by atoms with Crippen molar-refractivity contribution < 1.29 is 23.8 Å². The van der Waals surface area contributed by atoms with Crippen LogP contribution in [0.15, 0.2) is 42.5 Å². The molecule has 1 aliphatic rings. The molecule has 1 saturated heterocycles. The minimum atomic E-state index is -0.406. The summed E-state index contributed by atoms with van der Waals surface area (Å²) in [6, 6.07) is 12.5. The third-order valence-corrected chi connectivity index (χ3v) is 5.10. The smallest absolute Gasteiger partial charge is 0.337 e. The molecule has 1 heterocycles. The van der Waals surface area contributed by atoms with Gasteiger partial charge in [-0.2, -0.15) is 0 Å². The molecule has 0 saturated carbocycles. The van der Waals surface area contributed by atoms with Gasteiger partial charge in [-0.05, 0) is 49.7 Å². The fraction of sp³-hybridized carbons (Fsp3) is 0.364. The van der Waals surface area contributed by atoms with E-state index < -0.39 is 5.97 Å². The first kappa shape index (κ1) is 20.7. The highest BCUT2D eigenvalue weighted by molar-refractivity contribution is 5.94. The summed E-state index contributed by atoms with van der Waals surface area (Å²) < 4.78 is 15.5. The van der Waals surface area contributed by atoms with Gasteiger partial charge < -0.3 is 19.5 Å². The number of hydrogen-bond donors (Lipinski definition) is 1. The SMILES string of the molecule is COC(=O)c1ccc(NC(=O)CN2CCC[C@@H]2c2ccc(OC)cc2OC)cc1. The Morgan fingerprint density at radius 1 is 1.07 bits per heavy atom. The number of ether oxygens (including phenoxy) is 3. The summed E-state index contributed by atoms with van der Waals surface area (Å²) in [7, 11) is 4.60. The number of carbonyl (C=O) groups is 2. The molecule has 0 unspecified atom stereocenters. The molecule has 2 aromatic carbocycles. The van der Waals surface area contributed by atoms with Crippen LogP contribution in [0.3, 0.4) is 0 Å². The van der Waals surface area contributed by atoms with Gasteiger partial charge in [0.25, 0.3) is 0 Å². The Kier molecular flexibility index (Phi) is 6.72. The molecule has 154 valence electrons. The van der Waals surface area contributed by atoms with Crippen molar-refractivity contribution in [3.8, 4) is 11.5 Å². The summed E-state index contributed by atoms with van der Waals surface area (Å²) in [6.07, 6.45) is 1.98. The Balaban J connectivity index is 1.66. The van der Waals surface area contributed by atoms with Crippen molar-refractivity contribution in [1.82, 2.24) is 4.90 Å². The number of hydrogen-bond acceptors (Lipinski definition) is 6. The van der Waals surface area contributed by atoms with Crippen LogP contribution >= 0.6 is 0 Å². The molecule has 1 amide bonds. The quantitative estimate of drug-likeness (QED) is 0.722. The summed E-state index contributed by atoms with van der Waals surface area (Å²) in [5.74, 6) is 0.995. The van der Waals surface area contributed by atoms with Crippen LogP contribution in [0.2, 0.25) is 0 Å². The van der Waals surface area contributed by atoms with Gasteiger partial charge in [0.2, 0.25) is 5.91 Å². The minimum absolute atomic E-state index is 0.102. The van der Waals surface area contributed by atoms with E-state index in [4.69, 9.17) is 9.47 Å². The van der Waals surface area contributed by atoms with Crippen LogP contribution in [-0.2, 0) is 9.53 Å². The third-order valence-electron chi connectivity index (χ3n) is 5.10. The number of benzene rings is 2. The zero-order valence-electron chi connectivity index (χ0n) is 16.9. The van der Waals surface area contributed by atoms with E-state index in [9.17, 15) is 9.59 Å². The highest BCUT2D eigenvalue weighted by atomic mass is 16.5. The lowest BCUT2D eigenvalue weighted by atomic mass is 10.0. The van der Waals surface area contributed by atoms with Gasteiger partial charge in [0.1, 0.15) is 11.5 Å². The van der Waals surface area contributed by atoms with Crippen LogP contribution in [0, 0.1) is 0 Å². The first-order chi connectivity index (χ1) is 14.0. The summed E-state index contributed by atoms with van der Waals surface area (Å²) in [5, 5.41) is 2.89. The van der Waals surface area contributed by atoms with E-state index in [1.165, 1.54) is 7.11 Å². The van der Waals surface area contributed by atoms with Crippen molar-refractivity contribution in [2.75, 3.05) is 39.7 Å². The molecule has 0 radical (unpaired) electrons. The number of anilines is 1. The first-order valence-electron chi connectivity index (χ1n) is 9.50. The van der Waals surface area contributed by atoms with E-state index in [1.54, 1.807) is 38.5 Å². The predicted octanol–water partition coefficient (Wildman–Crippen LogP) is 3.27. The number of nitrogens with zero attached hydrogens (tertiary/aromatic N) is 1. The number of esters is 1. The Hall–Kier alpha value is -3.06. The van der Waals surface area contributed by atoms with Crippen molar-refractivity contribution in [2.45, 2.75) is 18.9 Å². The van der Waals surface area contributed by atoms with Gasteiger partial charge in [-0.3, -0.25) is 9.69 Å². The number of carbonyl (C=O) groups excluding carboxylic acids is 2. The average molecular weight is 398 g/mol. The zero-order chi connectivity index (χ0) is 20.8. The van der Waals surface area contributed by atoms with E-state index in [1.807, 2.05) is 18.2 Å². The molecule has 0 aliphatic carbocycles. The van der Waals surface area contributed by atoms with Crippen LogP contribution < -0.4 is 14.8 Å². The third kappa shape index (κ3) is 4.86. The molecule has 29 heavy (non-hydrogen) atoms. The van der Waals surface area contributed by atoms with Gasteiger partial charge in [0.15, 0.2) is 0 Å². The Labute approximate surface area is 170 Å². The van der Waals surface area contributed by atoms with Crippen molar-refractivity contribution in [3.63, 3.8) is 0 Å². The summed E-state index contributed by atoms with van der Waals surface area (Å²) in [6.45, 7) is 1.12. The van der Waals surface area contributed by atoms with Gasteiger partial charge in [-0.25, -0.2) is 4.79 Å². The molecular weight excluding hydrogens is 372 g/mol. The lowest BCUT2D eigenvalue weighted by Crippen LogP contribution is -2.33. The van der Waals surface area contributed by atoms with Gasteiger partial charge in [0, 0.05) is 23.4 Å². The molecule has 0 bridgehead atoms. The highest BCUT2D eigenvalue weighted by Crippen LogP contribution is 2.38. The molecule has 7 heteroatoms. The van der Waals surface area contributed by atoms with E-state index in [2.05, 4.69) is 15.0 Å². The second kappa shape index (κ2) is 9.43. The van der Waals surface area contributed by atoms with Gasteiger partial charge in [-0.15, -0.1) is 0 Å². The van der Waals surface area contributed by atoms with Crippen molar-refractivity contribution in [3.05, 3.63) is 53.6 Å². The lowest BCUT2D eigenvalue weighted by molar-refractivity contribution is -0.117. The fourth-order valence-corrected chi connectivity index (χ4v) is 3.65. The molecular formula is C22H26N2O5. The van der Waals surface area contributed by atoms with E-state index in [0.29, 0.717) is 11.3 Å². The topological polar surface area (TPSA) is 77.1 Å². The molecule has 0 aromatic heterocycles. The number of amides is 1. The van der Waals surface area contributed by atoms with E-state index >= 15 is 0 Å². The summed E-state index contributed by atoms with van der Waals surface area (Å²) in [4.78, 5) is 26.2. The normalized spacial score (nSPS) is 16.3. The highest BCUT2D eigenvalue weighted by Gasteiger charge is 2.29. The van der Waals surface area contributed by atoms with Crippen molar-refractivity contribution >= 4 is 17.6 Å². The predicted molar refractivity (Wildman–Crippen MR) is 110 cm³/mol. The summed E-state index contributed by atoms with van der Waals surface area (Å²) >= 11 is 0. The molecule has 1 atom stereocenters. The maximum Gasteiger partial charge on any atom is 0.337 e. The second-order valence-corrected chi connectivity index (χ2v) is 6.85. The number of methoxy groups -OCH3 is 3. The van der Waals surface area contributed by atoms with E-state index in [0.717, 1.165) is 36.4 Å². The average Bonchev–Trinajstić information content (AvgIpc) is 3.20. The molecule has 7 nitrogen and oxygen atoms in total. The standard InChI is InChI=1S/C22H26N2O5/c1-27-17-10-11-18(20(13-17)28-2)19-5-4-12-24(19)14-21(25)23-16-8-6-15(7-9-16)22(26)29-3/h6-11,13,19H,4-5,12,14H2,1-3H3,(H,23,25)/t19-/m1/s1. The molecule has 3 rings (SSSR count). The van der Waals surface area contributed by atoms with Crippen LogP contribution in [-0.4, -0.2) is 51.2 Å². The number of likely N-dealkylation sites (tertiary alicyclic amines) is 1. The van der Waals surface area contributed by atoms with Crippen LogP contribution in [0.25, 0.3) is 0 Å².